The summed E-state index contributed by atoms with van der Waals surface area (Å²) in [6.45, 7) is 0. The summed E-state index contributed by atoms with van der Waals surface area (Å²) in [7, 11) is 0. The smallest absolute Gasteiger partial charge is 0.229 e. The van der Waals surface area contributed by atoms with E-state index < -0.39 is 0 Å². The molecule has 0 spiro atoms. The predicted molar refractivity (Wildman–Crippen MR) is 65.8 cm³/mol. The highest BCUT2D eigenvalue weighted by molar-refractivity contribution is 7.99. The zero-order valence-corrected chi connectivity index (χ0v) is 10.7. The number of hydrogen-bond donors (Lipinski definition) is 1. The van der Waals surface area contributed by atoms with Gasteiger partial charge in [-0.15, -0.1) is 0 Å². The first-order valence-electron chi connectivity index (χ1n) is 6.45. The first-order valence-corrected chi connectivity index (χ1v) is 7.50. The lowest BCUT2D eigenvalue weighted by Gasteiger charge is -2.17. The van der Waals surface area contributed by atoms with Gasteiger partial charge in [-0.2, -0.15) is 16.7 Å². The molecule has 1 aliphatic carbocycles. The van der Waals surface area contributed by atoms with Crippen molar-refractivity contribution in [2.75, 3.05) is 5.75 Å². The fourth-order valence-corrected chi connectivity index (χ4v) is 3.49. The van der Waals surface area contributed by atoms with Crippen molar-refractivity contribution >= 4 is 11.8 Å². The van der Waals surface area contributed by atoms with Crippen LogP contribution in [0.5, 0.6) is 0 Å². The van der Waals surface area contributed by atoms with E-state index in [-0.39, 0.29) is 6.10 Å². The van der Waals surface area contributed by atoms with Gasteiger partial charge in [0.25, 0.3) is 0 Å². The SMILES string of the molecule is OC(Cc1nc(C2CCCCS2)no1)C1CC1. The second-order valence-electron chi connectivity index (χ2n) is 5.01. The van der Waals surface area contributed by atoms with Crippen molar-refractivity contribution in [1.82, 2.24) is 10.1 Å². The highest BCUT2D eigenvalue weighted by atomic mass is 32.2. The van der Waals surface area contributed by atoms with E-state index in [0.29, 0.717) is 23.5 Å². The maximum Gasteiger partial charge on any atom is 0.229 e. The molecule has 2 heterocycles. The number of hydrogen-bond acceptors (Lipinski definition) is 5. The van der Waals surface area contributed by atoms with E-state index in [4.69, 9.17) is 4.52 Å². The largest absolute Gasteiger partial charge is 0.392 e. The Morgan fingerprint density at radius 3 is 2.94 bits per heavy atom. The molecule has 2 atom stereocenters. The summed E-state index contributed by atoms with van der Waals surface area (Å²) >= 11 is 1.92. The van der Waals surface area contributed by atoms with Gasteiger partial charge in [0.05, 0.1) is 17.8 Å². The van der Waals surface area contributed by atoms with Crippen LogP contribution in [-0.2, 0) is 6.42 Å². The Morgan fingerprint density at radius 1 is 1.35 bits per heavy atom. The zero-order valence-electron chi connectivity index (χ0n) is 9.84. The van der Waals surface area contributed by atoms with Crippen molar-refractivity contribution in [3.8, 4) is 0 Å². The number of aromatic nitrogens is 2. The molecular formula is C12H18N2O2S. The van der Waals surface area contributed by atoms with Crippen LogP contribution in [0, 0.1) is 5.92 Å². The lowest BCUT2D eigenvalue weighted by atomic mass is 10.1. The van der Waals surface area contributed by atoms with Crippen molar-refractivity contribution in [3.05, 3.63) is 11.7 Å². The van der Waals surface area contributed by atoms with Gasteiger partial charge in [0, 0.05) is 0 Å². The van der Waals surface area contributed by atoms with Crippen molar-refractivity contribution in [2.24, 2.45) is 5.92 Å². The van der Waals surface area contributed by atoms with Crippen LogP contribution in [0.4, 0.5) is 0 Å². The fourth-order valence-electron chi connectivity index (χ4n) is 2.25. The minimum Gasteiger partial charge on any atom is -0.392 e. The highest BCUT2D eigenvalue weighted by Crippen LogP contribution is 2.37. The number of aliphatic hydroxyl groups is 1. The van der Waals surface area contributed by atoms with Gasteiger partial charge < -0.3 is 9.63 Å². The topological polar surface area (TPSA) is 59.2 Å². The van der Waals surface area contributed by atoms with Crippen molar-refractivity contribution in [3.63, 3.8) is 0 Å². The van der Waals surface area contributed by atoms with E-state index >= 15 is 0 Å². The maximum absolute atomic E-state index is 9.83. The molecule has 1 aromatic heterocycles. The van der Waals surface area contributed by atoms with E-state index in [1.54, 1.807) is 0 Å². The Labute approximate surface area is 105 Å². The Bertz CT molecular complexity index is 372. The summed E-state index contributed by atoms with van der Waals surface area (Å²) in [6.07, 6.45) is 6.21. The summed E-state index contributed by atoms with van der Waals surface area (Å²) in [4.78, 5) is 4.43. The van der Waals surface area contributed by atoms with Crippen molar-refractivity contribution in [1.29, 1.82) is 0 Å². The van der Waals surface area contributed by atoms with Crippen LogP contribution in [0.15, 0.2) is 4.52 Å². The van der Waals surface area contributed by atoms with Crippen LogP contribution in [0.1, 0.15) is 49.1 Å². The summed E-state index contributed by atoms with van der Waals surface area (Å²) in [5.74, 6) is 3.09. The number of aliphatic hydroxyl groups excluding tert-OH is 1. The second kappa shape index (κ2) is 4.98. The Morgan fingerprint density at radius 2 is 2.24 bits per heavy atom. The van der Waals surface area contributed by atoms with E-state index in [1.165, 1.54) is 18.6 Å². The van der Waals surface area contributed by atoms with Gasteiger partial charge in [-0.25, -0.2) is 0 Å². The van der Waals surface area contributed by atoms with Crippen LogP contribution in [0.3, 0.4) is 0 Å². The summed E-state index contributed by atoms with van der Waals surface area (Å²) in [5.41, 5.74) is 0. The van der Waals surface area contributed by atoms with Crippen LogP contribution in [0.25, 0.3) is 0 Å². The Hall–Kier alpha value is -0.550. The van der Waals surface area contributed by atoms with Gasteiger partial charge in [-0.3, -0.25) is 0 Å². The standard InChI is InChI=1S/C12H18N2O2S/c15-9(8-4-5-8)7-11-13-12(14-16-11)10-3-1-2-6-17-10/h8-10,15H,1-7H2. The molecule has 2 aliphatic rings. The third kappa shape index (κ3) is 2.83. The van der Waals surface area contributed by atoms with E-state index in [0.717, 1.165) is 25.1 Å². The minimum atomic E-state index is -0.290. The molecule has 0 amide bonds. The number of nitrogens with zero attached hydrogens (tertiary/aromatic N) is 2. The fraction of sp³-hybridized carbons (Fsp3) is 0.833. The average Bonchev–Trinajstić information content (AvgIpc) is 3.12. The van der Waals surface area contributed by atoms with Crippen LogP contribution in [-0.4, -0.2) is 27.1 Å². The monoisotopic (exact) mass is 254 g/mol. The molecule has 0 aromatic carbocycles. The molecule has 17 heavy (non-hydrogen) atoms. The van der Waals surface area contributed by atoms with Gasteiger partial charge in [0.15, 0.2) is 5.82 Å². The molecule has 0 bridgehead atoms. The molecule has 2 unspecified atom stereocenters. The van der Waals surface area contributed by atoms with Gasteiger partial charge in [-0.05, 0) is 37.4 Å². The van der Waals surface area contributed by atoms with Crippen LogP contribution < -0.4 is 0 Å². The first-order chi connectivity index (χ1) is 8.33. The molecule has 1 saturated carbocycles. The molecule has 1 aromatic rings. The normalized spacial score (nSPS) is 27.0. The highest BCUT2D eigenvalue weighted by Gasteiger charge is 2.31. The summed E-state index contributed by atoms with van der Waals surface area (Å²) in [6, 6.07) is 0. The number of thioether (sulfide) groups is 1. The first kappa shape index (κ1) is 11.5. The zero-order chi connectivity index (χ0) is 11.7. The third-order valence-corrected chi connectivity index (χ3v) is 4.87. The van der Waals surface area contributed by atoms with Gasteiger partial charge >= 0.3 is 0 Å². The Kier molecular flexibility index (Phi) is 3.38. The molecule has 1 aliphatic heterocycles. The lowest BCUT2D eigenvalue weighted by molar-refractivity contribution is 0.140. The molecule has 4 nitrogen and oxygen atoms in total. The quantitative estimate of drug-likeness (QED) is 0.893. The lowest BCUT2D eigenvalue weighted by Crippen LogP contribution is -2.13. The van der Waals surface area contributed by atoms with E-state index in [2.05, 4.69) is 10.1 Å². The van der Waals surface area contributed by atoms with Crippen molar-refractivity contribution in [2.45, 2.75) is 49.9 Å². The van der Waals surface area contributed by atoms with E-state index in [1.807, 2.05) is 11.8 Å². The maximum atomic E-state index is 9.83. The van der Waals surface area contributed by atoms with Crippen LogP contribution >= 0.6 is 11.8 Å². The van der Waals surface area contributed by atoms with Gasteiger partial charge in [-0.1, -0.05) is 11.6 Å². The average molecular weight is 254 g/mol. The van der Waals surface area contributed by atoms with Gasteiger partial charge in [0.1, 0.15) is 0 Å². The molecule has 1 N–H and O–H groups in total. The minimum absolute atomic E-state index is 0.290. The second-order valence-corrected chi connectivity index (χ2v) is 6.32. The number of rotatable bonds is 4. The predicted octanol–water partition coefficient (Wildman–Crippen LogP) is 2.34. The third-order valence-electron chi connectivity index (χ3n) is 3.50. The van der Waals surface area contributed by atoms with E-state index in [9.17, 15) is 5.11 Å². The molecule has 1 saturated heterocycles. The van der Waals surface area contributed by atoms with Crippen molar-refractivity contribution < 1.29 is 9.63 Å². The molecular weight excluding hydrogens is 236 g/mol. The molecule has 2 fully saturated rings. The summed E-state index contributed by atoms with van der Waals surface area (Å²) in [5, 5.41) is 14.3. The Balaban J connectivity index is 1.60. The van der Waals surface area contributed by atoms with Gasteiger partial charge in [0.2, 0.25) is 5.89 Å². The summed E-state index contributed by atoms with van der Waals surface area (Å²) < 4.78 is 5.23. The van der Waals surface area contributed by atoms with Crippen LogP contribution in [0.2, 0.25) is 0 Å². The molecule has 3 rings (SSSR count). The molecule has 94 valence electrons. The molecule has 5 heteroatoms. The molecule has 0 radical (unpaired) electrons.